The van der Waals surface area contributed by atoms with Crippen LogP contribution in [-0.2, 0) is 15.1 Å². The maximum absolute atomic E-state index is 15.4. The van der Waals surface area contributed by atoms with Gasteiger partial charge in [-0.25, -0.2) is 19.3 Å². The van der Waals surface area contributed by atoms with Gasteiger partial charge in [0.05, 0.1) is 41.2 Å². The third-order valence-corrected chi connectivity index (χ3v) is 8.04. The average molecular weight is 517 g/mol. The van der Waals surface area contributed by atoms with Crippen LogP contribution in [0.15, 0.2) is 30.9 Å². The van der Waals surface area contributed by atoms with E-state index in [-0.39, 0.29) is 22.6 Å². The number of nitrogens with two attached hydrogens (primary N) is 1. The number of carbonyl (C=O) groups is 1. The zero-order valence-corrected chi connectivity index (χ0v) is 20.8. The molecule has 3 fully saturated rings. The van der Waals surface area contributed by atoms with Gasteiger partial charge < -0.3 is 25.8 Å². The molecule has 1 aromatic carbocycles. The highest BCUT2D eigenvalue weighted by atomic mass is 19.1. The van der Waals surface area contributed by atoms with Crippen LogP contribution in [0.4, 0.5) is 27.4 Å². The largest absolute Gasteiger partial charge is 0.474 e. The number of halogens is 1. The number of anilines is 4. The van der Waals surface area contributed by atoms with Crippen LogP contribution in [0.5, 0.6) is 5.88 Å². The summed E-state index contributed by atoms with van der Waals surface area (Å²) in [6.07, 6.45) is 8.86. The Morgan fingerprint density at radius 1 is 1.24 bits per heavy atom. The van der Waals surface area contributed by atoms with Crippen molar-refractivity contribution in [2.45, 2.75) is 31.7 Å². The molecule has 3 saturated carbocycles. The predicted molar refractivity (Wildman–Crippen MR) is 138 cm³/mol. The maximum atomic E-state index is 15.4. The molecule has 12 heteroatoms. The highest BCUT2D eigenvalue weighted by Gasteiger charge is 2.74. The number of rotatable bonds is 5. The smallest absolute Gasteiger partial charge is 0.312 e. The Kier molecular flexibility index (Phi) is 4.64. The minimum atomic E-state index is -0.548. The van der Waals surface area contributed by atoms with E-state index in [0.29, 0.717) is 52.7 Å². The van der Waals surface area contributed by atoms with Gasteiger partial charge >= 0.3 is 5.97 Å². The fourth-order valence-corrected chi connectivity index (χ4v) is 6.11. The van der Waals surface area contributed by atoms with Crippen LogP contribution in [0, 0.1) is 18.2 Å². The summed E-state index contributed by atoms with van der Waals surface area (Å²) in [5, 5.41) is 11.4. The second-order valence-corrected chi connectivity index (χ2v) is 10.4. The van der Waals surface area contributed by atoms with E-state index in [1.165, 1.54) is 13.3 Å². The molecule has 4 aliphatic rings. The van der Waals surface area contributed by atoms with Crippen molar-refractivity contribution < 1.29 is 18.7 Å². The van der Waals surface area contributed by atoms with Crippen LogP contribution in [0.1, 0.15) is 24.8 Å². The van der Waals surface area contributed by atoms with Gasteiger partial charge in [0.15, 0.2) is 5.82 Å². The molecule has 4 aromatic rings. The molecule has 4 N–H and O–H groups in total. The molecule has 194 valence electrons. The maximum Gasteiger partial charge on any atom is 0.312 e. The normalized spacial score (nSPS) is 22.9. The van der Waals surface area contributed by atoms with Gasteiger partial charge in [-0.05, 0) is 37.8 Å². The van der Waals surface area contributed by atoms with E-state index in [9.17, 15) is 4.79 Å². The van der Waals surface area contributed by atoms with Gasteiger partial charge in [0.2, 0.25) is 11.8 Å². The minimum absolute atomic E-state index is 0.0265. The molecule has 0 saturated heterocycles. The monoisotopic (exact) mass is 516 g/mol. The van der Waals surface area contributed by atoms with Crippen molar-refractivity contribution in [2.24, 2.45) is 5.41 Å². The lowest BCUT2D eigenvalue weighted by Gasteiger charge is -2.67. The van der Waals surface area contributed by atoms with Crippen molar-refractivity contribution >= 4 is 39.9 Å². The quantitative estimate of drug-likeness (QED) is 0.266. The Morgan fingerprint density at radius 3 is 2.84 bits per heavy atom. The molecule has 0 unspecified atom stereocenters. The number of methoxy groups -OCH3 is 1. The Morgan fingerprint density at radius 2 is 2.05 bits per heavy atom. The van der Waals surface area contributed by atoms with Gasteiger partial charge in [-0.2, -0.15) is 5.10 Å². The van der Waals surface area contributed by atoms with E-state index in [4.69, 9.17) is 15.2 Å². The summed E-state index contributed by atoms with van der Waals surface area (Å²) in [5.41, 5.74) is 9.33. The van der Waals surface area contributed by atoms with E-state index < -0.39 is 5.82 Å². The van der Waals surface area contributed by atoms with Crippen molar-refractivity contribution in [3.63, 3.8) is 0 Å². The number of hydrogen-bond acceptors (Lipinski definition) is 10. The summed E-state index contributed by atoms with van der Waals surface area (Å²) in [6.45, 7) is 3.06. The Bertz CT molecular complexity index is 1630. The number of nitrogens with one attached hydrogen (secondary N) is 2. The number of ether oxygens (including phenoxy) is 2. The standard InChI is InChI=1S/C26H25FN8O3/c1-13-16(7-30-22-21(13)29-3-4-38-22)15-5-18-17(20(28)19(15)27)8-31-24(34-18)33-14-6-32-35(9-14)26-10-25(11-26,12-26)23(36)37-2/h5-9,29H,3-4,10-12,28H2,1-2H3,(H,31,33,34). The summed E-state index contributed by atoms with van der Waals surface area (Å²) in [7, 11) is 1.43. The second-order valence-electron chi connectivity index (χ2n) is 10.4. The third-order valence-electron chi connectivity index (χ3n) is 8.04. The fourth-order valence-electron chi connectivity index (χ4n) is 6.11. The molecule has 3 aromatic heterocycles. The van der Waals surface area contributed by atoms with Crippen LogP contribution in [0.25, 0.3) is 22.0 Å². The predicted octanol–water partition coefficient (Wildman–Crippen LogP) is 3.52. The molecule has 2 bridgehead atoms. The van der Waals surface area contributed by atoms with Crippen molar-refractivity contribution in [1.29, 1.82) is 0 Å². The first kappa shape index (κ1) is 22.7. The van der Waals surface area contributed by atoms with Crippen LogP contribution in [-0.4, -0.2) is 51.0 Å². The number of hydrogen-bond donors (Lipinski definition) is 3. The Labute approximate surface area is 216 Å². The fraction of sp³-hybridized carbons (Fsp3) is 0.346. The van der Waals surface area contributed by atoms with Crippen LogP contribution in [0.2, 0.25) is 0 Å². The lowest BCUT2D eigenvalue weighted by molar-refractivity contribution is -0.219. The van der Waals surface area contributed by atoms with Gasteiger partial charge in [-0.3, -0.25) is 9.48 Å². The number of esters is 1. The molecule has 3 aliphatic carbocycles. The summed E-state index contributed by atoms with van der Waals surface area (Å²) in [4.78, 5) is 25.3. The van der Waals surface area contributed by atoms with Crippen molar-refractivity contribution in [3.8, 4) is 17.0 Å². The van der Waals surface area contributed by atoms with E-state index in [0.717, 1.165) is 30.5 Å². The molecule has 38 heavy (non-hydrogen) atoms. The second kappa shape index (κ2) is 7.76. The van der Waals surface area contributed by atoms with E-state index >= 15 is 4.39 Å². The van der Waals surface area contributed by atoms with Crippen LogP contribution < -0.4 is 21.1 Å². The Balaban J connectivity index is 1.18. The molecular formula is C26H25FN8O3. The minimum Gasteiger partial charge on any atom is -0.474 e. The lowest BCUT2D eigenvalue weighted by atomic mass is 9.39. The highest BCUT2D eigenvalue weighted by Crippen LogP contribution is 2.71. The van der Waals surface area contributed by atoms with Crippen molar-refractivity contribution in [1.82, 2.24) is 24.7 Å². The SMILES string of the molecule is COC(=O)C12CC(n3cc(Nc4ncc5c(N)c(F)c(-c6cnc7c(c6C)NCCO7)cc5n4)cn3)(C1)C2. The number of pyridine rings is 1. The van der Waals surface area contributed by atoms with Gasteiger partial charge in [0.1, 0.15) is 12.3 Å². The number of carbonyl (C=O) groups excluding carboxylic acids is 1. The summed E-state index contributed by atoms with van der Waals surface area (Å²) in [5.74, 6) is 0.136. The third kappa shape index (κ3) is 3.09. The molecule has 0 radical (unpaired) electrons. The van der Waals surface area contributed by atoms with Crippen LogP contribution >= 0.6 is 0 Å². The first-order valence-electron chi connectivity index (χ1n) is 12.3. The zero-order valence-electron chi connectivity index (χ0n) is 20.8. The molecular weight excluding hydrogens is 491 g/mol. The number of aromatic nitrogens is 5. The van der Waals surface area contributed by atoms with Gasteiger partial charge in [0.25, 0.3) is 0 Å². The summed E-state index contributed by atoms with van der Waals surface area (Å²) in [6, 6.07) is 1.66. The van der Waals surface area contributed by atoms with Crippen molar-refractivity contribution in [2.75, 3.05) is 36.6 Å². The van der Waals surface area contributed by atoms with Crippen molar-refractivity contribution in [3.05, 3.63) is 42.2 Å². The molecule has 1 aliphatic heterocycles. The topological polar surface area (TPSA) is 142 Å². The van der Waals surface area contributed by atoms with Crippen LogP contribution in [0.3, 0.4) is 0 Å². The summed E-state index contributed by atoms with van der Waals surface area (Å²) >= 11 is 0. The number of nitrogens with zero attached hydrogens (tertiary/aromatic N) is 5. The average Bonchev–Trinajstić information content (AvgIpc) is 3.33. The number of benzene rings is 1. The highest BCUT2D eigenvalue weighted by molar-refractivity contribution is 5.96. The van der Waals surface area contributed by atoms with E-state index in [1.807, 2.05) is 17.8 Å². The zero-order chi connectivity index (χ0) is 26.2. The molecule has 0 amide bonds. The Hall–Kier alpha value is -4.48. The van der Waals surface area contributed by atoms with E-state index in [2.05, 4.69) is 30.7 Å². The molecule has 4 heterocycles. The number of nitrogen functional groups attached to an aromatic ring is 1. The van der Waals surface area contributed by atoms with Gasteiger partial charge in [-0.1, -0.05) is 0 Å². The van der Waals surface area contributed by atoms with Gasteiger partial charge in [0, 0.05) is 41.6 Å². The first-order valence-corrected chi connectivity index (χ1v) is 12.3. The van der Waals surface area contributed by atoms with Gasteiger partial charge in [-0.15, -0.1) is 0 Å². The molecule has 0 atom stereocenters. The summed E-state index contributed by atoms with van der Waals surface area (Å²) < 4.78 is 27.9. The molecule has 11 nitrogen and oxygen atoms in total. The number of fused-ring (bicyclic) bond motifs is 2. The first-order chi connectivity index (χ1) is 18.3. The molecule has 8 rings (SSSR count). The lowest BCUT2D eigenvalue weighted by Crippen LogP contribution is -2.71. The molecule has 0 spiro atoms. The van der Waals surface area contributed by atoms with E-state index in [1.54, 1.807) is 18.5 Å².